The van der Waals surface area contributed by atoms with Crippen LogP contribution in [0.3, 0.4) is 0 Å². The Kier molecular flexibility index (Phi) is 4.07. The van der Waals surface area contributed by atoms with Gasteiger partial charge in [0, 0.05) is 24.5 Å². The predicted octanol–water partition coefficient (Wildman–Crippen LogP) is 1.30. The summed E-state index contributed by atoms with van der Waals surface area (Å²) in [7, 11) is 0. The highest BCUT2D eigenvalue weighted by Gasteiger charge is 2.14. The van der Waals surface area contributed by atoms with E-state index in [4.69, 9.17) is 0 Å². The number of benzene rings is 1. The number of nitrogens with zero attached hydrogens (tertiary/aromatic N) is 3. The van der Waals surface area contributed by atoms with Crippen molar-refractivity contribution in [2.24, 2.45) is 0 Å². The Hall–Kier alpha value is -2.43. The lowest BCUT2D eigenvalue weighted by Gasteiger charge is -2.21. The normalized spacial score (nSPS) is 10.2. The van der Waals surface area contributed by atoms with E-state index in [1.165, 1.54) is 23.2 Å². The van der Waals surface area contributed by atoms with Gasteiger partial charge in [0.1, 0.15) is 6.54 Å². The number of amides is 1. The maximum atomic E-state index is 12.2. The molecule has 1 amide bonds. The second kappa shape index (κ2) is 5.95. The second-order valence-corrected chi connectivity index (χ2v) is 4.02. The van der Waals surface area contributed by atoms with Crippen molar-refractivity contribution < 1.29 is 4.79 Å². The second-order valence-electron chi connectivity index (χ2n) is 4.02. The summed E-state index contributed by atoms with van der Waals surface area (Å²) < 4.78 is 1.30. The summed E-state index contributed by atoms with van der Waals surface area (Å²) in [5, 5.41) is 0. The molecule has 5 nitrogen and oxygen atoms in total. The third-order valence-electron chi connectivity index (χ3n) is 2.78. The monoisotopic (exact) mass is 257 g/mol. The summed E-state index contributed by atoms with van der Waals surface area (Å²) >= 11 is 0. The molecule has 0 aliphatic carbocycles. The van der Waals surface area contributed by atoms with Gasteiger partial charge in [-0.05, 0) is 19.1 Å². The fourth-order valence-electron chi connectivity index (χ4n) is 1.84. The molecule has 0 aliphatic heterocycles. The zero-order valence-corrected chi connectivity index (χ0v) is 10.7. The van der Waals surface area contributed by atoms with E-state index in [-0.39, 0.29) is 18.0 Å². The van der Waals surface area contributed by atoms with Crippen molar-refractivity contribution in [3.63, 3.8) is 0 Å². The SMILES string of the molecule is CCN(C(=O)Cn1cnccc1=O)c1ccccc1. The zero-order chi connectivity index (χ0) is 13.7. The Morgan fingerprint density at radius 3 is 2.63 bits per heavy atom. The van der Waals surface area contributed by atoms with Gasteiger partial charge in [-0.25, -0.2) is 4.98 Å². The molecule has 0 saturated heterocycles. The Morgan fingerprint density at radius 1 is 1.26 bits per heavy atom. The van der Waals surface area contributed by atoms with E-state index in [2.05, 4.69) is 4.98 Å². The average molecular weight is 257 g/mol. The van der Waals surface area contributed by atoms with Crippen molar-refractivity contribution in [1.82, 2.24) is 9.55 Å². The van der Waals surface area contributed by atoms with Crippen LogP contribution in [-0.2, 0) is 11.3 Å². The molecule has 2 aromatic rings. The summed E-state index contributed by atoms with van der Waals surface area (Å²) in [6, 6.07) is 10.7. The molecule has 1 aromatic heterocycles. The van der Waals surface area contributed by atoms with Crippen LogP contribution < -0.4 is 10.5 Å². The minimum Gasteiger partial charge on any atom is -0.311 e. The van der Waals surface area contributed by atoms with Gasteiger partial charge in [-0.3, -0.25) is 14.2 Å². The molecule has 0 fully saturated rings. The molecule has 19 heavy (non-hydrogen) atoms. The van der Waals surface area contributed by atoms with Crippen LogP contribution in [-0.4, -0.2) is 22.0 Å². The number of anilines is 1. The molecule has 1 aromatic carbocycles. The quantitative estimate of drug-likeness (QED) is 0.829. The van der Waals surface area contributed by atoms with Crippen molar-refractivity contribution in [3.8, 4) is 0 Å². The summed E-state index contributed by atoms with van der Waals surface area (Å²) in [6.07, 6.45) is 2.79. The van der Waals surface area contributed by atoms with Crippen LogP contribution in [0.5, 0.6) is 0 Å². The van der Waals surface area contributed by atoms with Gasteiger partial charge in [-0.2, -0.15) is 0 Å². The molecule has 0 aliphatic rings. The third-order valence-corrected chi connectivity index (χ3v) is 2.78. The molecule has 0 radical (unpaired) electrons. The van der Waals surface area contributed by atoms with Gasteiger partial charge in [0.15, 0.2) is 0 Å². The molecule has 0 bridgehead atoms. The Bertz CT molecular complexity index is 607. The predicted molar refractivity (Wildman–Crippen MR) is 73.0 cm³/mol. The van der Waals surface area contributed by atoms with Gasteiger partial charge < -0.3 is 4.90 Å². The lowest BCUT2D eigenvalue weighted by Crippen LogP contribution is -2.36. The van der Waals surface area contributed by atoms with Crippen LogP contribution in [0, 0.1) is 0 Å². The summed E-state index contributed by atoms with van der Waals surface area (Å²) in [4.78, 5) is 29.3. The highest BCUT2D eigenvalue weighted by Crippen LogP contribution is 2.13. The lowest BCUT2D eigenvalue weighted by atomic mass is 10.3. The van der Waals surface area contributed by atoms with Gasteiger partial charge >= 0.3 is 0 Å². The van der Waals surface area contributed by atoms with E-state index in [9.17, 15) is 9.59 Å². The van der Waals surface area contributed by atoms with Crippen LogP contribution in [0.1, 0.15) is 6.92 Å². The standard InChI is InChI=1S/C14H15N3O2/c1-2-17(12-6-4-3-5-7-12)14(19)10-16-11-15-9-8-13(16)18/h3-9,11H,2,10H2,1H3. The number of hydrogen-bond acceptors (Lipinski definition) is 3. The van der Waals surface area contributed by atoms with Crippen LogP contribution in [0.25, 0.3) is 0 Å². The summed E-state index contributed by atoms with van der Waals surface area (Å²) in [6.45, 7) is 2.45. The number of para-hydroxylation sites is 1. The van der Waals surface area contributed by atoms with Crippen LogP contribution in [0.4, 0.5) is 5.69 Å². The van der Waals surface area contributed by atoms with E-state index in [1.54, 1.807) is 4.90 Å². The average Bonchev–Trinajstić information content (AvgIpc) is 2.43. The first-order valence-electron chi connectivity index (χ1n) is 6.08. The smallest absolute Gasteiger partial charge is 0.253 e. The maximum Gasteiger partial charge on any atom is 0.253 e. The molecule has 0 atom stereocenters. The van der Waals surface area contributed by atoms with Crippen LogP contribution in [0.2, 0.25) is 0 Å². The Balaban J connectivity index is 2.19. The number of carbonyl (C=O) groups is 1. The van der Waals surface area contributed by atoms with Crippen LogP contribution >= 0.6 is 0 Å². The van der Waals surface area contributed by atoms with Crippen molar-refractivity contribution in [2.75, 3.05) is 11.4 Å². The first-order valence-corrected chi connectivity index (χ1v) is 6.08. The fourth-order valence-corrected chi connectivity index (χ4v) is 1.84. The first-order chi connectivity index (χ1) is 9.22. The van der Waals surface area contributed by atoms with Gasteiger partial charge in [0.05, 0.1) is 6.33 Å². The zero-order valence-electron chi connectivity index (χ0n) is 10.7. The number of likely N-dealkylation sites (N-methyl/N-ethyl adjacent to an activating group) is 1. The molecule has 0 saturated carbocycles. The number of hydrogen-bond donors (Lipinski definition) is 0. The topological polar surface area (TPSA) is 55.2 Å². The van der Waals surface area contributed by atoms with E-state index in [0.717, 1.165) is 5.69 Å². The summed E-state index contributed by atoms with van der Waals surface area (Å²) in [5.74, 6) is -0.135. The fraction of sp³-hybridized carbons (Fsp3) is 0.214. The summed E-state index contributed by atoms with van der Waals surface area (Å²) in [5.41, 5.74) is 0.597. The van der Waals surface area contributed by atoms with Crippen molar-refractivity contribution in [3.05, 3.63) is 59.3 Å². The minimum absolute atomic E-state index is 0.00456. The Labute approximate surface area is 111 Å². The minimum atomic E-state index is -0.229. The molecule has 1 heterocycles. The molecule has 5 heteroatoms. The molecule has 0 unspecified atom stereocenters. The van der Waals surface area contributed by atoms with Crippen molar-refractivity contribution >= 4 is 11.6 Å². The van der Waals surface area contributed by atoms with Gasteiger partial charge in [0.25, 0.3) is 5.56 Å². The third kappa shape index (κ3) is 3.07. The van der Waals surface area contributed by atoms with Crippen molar-refractivity contribution in [2.45, 2.75) is 13.5 Å². The first kappa shape index (κ1) is 13.0. The lowest BCUT2D eigenvalue weighted by molar-refractivity contribution is -0.119. The molecule has 0 N–H and O–H groups in total. The van der Waals surface area contributed by atoms with Crippen LogP contribution in [0.15, 0.2) is 53.7 Å². The number of carbonyl (C=O) groups excluding carboxylic acids is 1. The van der Waals surface area contributed by atoms with E-state index in [1.807, 2.05) is 37.3 Å². The molecule has 98 valence electrons. The highest BCUT2D eigenvalue weighted by atomic mass is 16.2. The largest absolute Gasteiger partial charge is 0.311 e. The highest BCUT2D eigenvalue weighted by molar-refractivity contribution is 5.93. The number of rotatable bonds is 4. The Morgan fingerprint density at radius 2 is 2.00 bits per heavy atom. The molecule has 2 rings (SSSR count). The van der Waals surface area contributed by atoms with Gasteiger partial charge in [-0.1, -0.05) is 18.2 Å². The van der Waals surface area contributed by atoms with E-state index < -0.39 is 0 Å². The molecule has 0 spiro atoms. The molecular weight excluding hydrogens is 242 g/mol. The van der Waals surface area contributed by atoms with E-state index in [0.29, 0.717) is 6.54 Å². The number of aromatic nitrogens is 2. The van der Waals surface area contributed by atoms with Crippen molar-refractivity contribution in [1.29, 1.82) is 0 Å². The van der Waals surface area contributed by atoms with E-state index >= 15 is 0 Å². The van der Waals surface area contributed by atoms with Gasteiger partial charge in [0.2, 0.25) is 5.91 Å². The molecular formula is C14H15N3O2. The van der Waals surface area contributed by atoms with Gasteiger partial charge in [-0.15, -0.1) is 0 Å². The maximum absolute atomic E-state index is 12.2.